The zero-order valence-corrected chi connectivity index (χ0v) is 6.95. The van der Waals surface area contributed by atoms with Gasteiger partial charge < -0.3 is 10.2 Å². The molecule has 64 valence electrons. The maximum atomic E-state index is 9.32. The first kappa shape index (κ1) is 8.75. The molecule has 2 unspecified atom stereocenters. The van der Waals surface area contributed by atoms with Crippen molar-refractivity contribution in [1.82, 2.24) is 0 Å². The SMILES string of the molecule is CC1=CCCC(O)C(O)CC1. The van der Waals surface area contributed by atoms with Crippen molar-refractivity contribution in [3.8, 4) is 0 Å². The number of allylic oxidation sites excluding steroid dienone is 2. The molecular formula is C9H16O2. The summed E-state index contributed by atoms with van der Waals surface area (Å²) in [5, 5.41) is 18.6. The molecule has 1 rings (SSSR count). The minimum Gasteiger partial charge on any atom is -0.390 e. The summed E-state index contributed by atoms with van der Waals surface area (Å²) in [6.45, 7) is 2.07. The van der Waals surface area contributed by atoms with Crippen molar-refractivity contribution in [2.45, 2.75) is 44.8 Å². The van der Waals surface area contributed by atoms with Crippen molar-refractivity contribution >= 4 is 0 Å². The lowest BCUT2D eigenvalue weighted by Gasteiger charge is -2.19. The third-order valence-electron chi connectivity index (χ3n) is 2.23. The van der Waals surface area contributed by atoms with Crippen molar-refractivity contribution < 1.29 is 10.2 Å². The molecule has 2 N–H and O–H groups in total. The molecule has 1 aliphatic carbocycles. The van der Waals surface area contributed by atoms with Gasteiger partial charge in [0.25, 0.3) is 0 Å². The molecule has 0 saturated heterocycles. The maximum Gasteiger partial charge on any atom is 0.0802 e. The number of hydrogen-bond acceptors (Lipinski definition) is 2. The highest BCUT2D eigenvalue weighted by Crippen LogP contribution is 2.17. The van der Waals surface area contributed by atoms with E-state index in [1.54, 1.807) is 0 Å². The molecule has 2 atom stereocenters. The van der Waals surface area contributed by atoms with Gasteiger partial charge >= 0.3 is 0 Å². The highest BCUT2D eigenvalue weighted by molar-refractivity contribution is 5.00. The van der Waals surface area contributed by atoms with Gasteiger partial charge in [0.2, 0.25) is 0 Å². The van der Waals surface area contributed by atoms with Gasteiger partial charge in [0, 0.05) is 0 Å². The Labute approximate surface area is 67.6 Å². The maximum absolute atomic E-state index is 9.32. The third kappa shape index (κ3) is 2.64. The Morgan fingerprint density at radius 3 is 2.64 bits per heavy atom. The normalized spacial score (nSPS) is 33.9. The molecule has 0 bridgehead atoms. The van der Waals surface area contributed by atoms with E-state index < -0.39 is 12.2 Å². The highest BCUT2D eigenvalue weighted by Gasteiger charge is 2.16. The summed E-state index contributed by atoms with van der Waals surface area (Å²) in [7, 11) is 0. The van der Waals surface area contributed by atoms with Crippen molar-refractivity contribution in [2.24, 2.45) is 0 Å². The van der Waals surface area contributed by atoms with Gasteiger partial charge in [0.1, 0.15) is 0 Å². The Kier molecular flexibility index (Phi) is 3.09. The Bertz CT molecular complexity index is 152. The minimum atomic E-state index is -0.515. The second-order valence-corrected chi connectivity index (χ2v) is 3.30. The summed E-state index contributed by atoms with van der Waals surface area (Å²) in [5.41, 5.74) is 1.33. The van der Waals surface area contributed by atoms with Gasteiger partial charge in [-0.15, -0.1) is 0 Å². The van der Waals surface area contributed by atoms with E-state index in [-0.39, 0.29) is 0 Å². The quantitative estimate of drug-likeness (QED) is 0.518. The zero-order valence-electron chi connectivity index (χ0n) is 6.95. The first-order valence-electron chi connectivity index (χ1n) is 4.22. The van der Waals surface area contributed by atoms with E-state index in [1.807, 2.05) is 0 Å². The molecule has 0 spiro atoms. The average molecular weight is 156 g/mol. The molecule has 0 saturated carbocycles. The van der Waals surface area contributed by atoms with Crippen LogP contribution < -0.4 is 0 Å². The van der Waals surface area contributed by atoms with Gasteiger partial charge in [0.15, 0.2) is 0 Å². The summed E-state index contributed by atoms with van der Waals surface area (Å²) in [4.78, 5) is 0. The molecule has 0 aromatic heterocycles. The summed E-state index contributed by atoms with van der Waals surface area (Å²) in [6, 6.07) is 0. The molecule has 11 heavy (non-hydrogen) atoms. The van der Waals surface area contributed by atoms with Gasteiger partial charge in [-0.3, -0.25) is 0 Å². The minimum absolute atomic E-state index is 0.514. The van der Waals surface area contributed by atoms with Crippen LogP contribution in [0, 0.1) is 0 Å². The van der Waals surface area contributed by atoms with E-state index in [1.165, 1.54) is 5.57 Å². The van der Waals surface area contributed by atoms with Gasteiger partial charge in [-0.2, -0.15) is 0 Å². The molecule has 0 aromatic rings. The van der Waals surface area contributed by atoms with E-state index in [0.717, 1.165) is 12.8 Å². The average Bonchev–Trinajstić information content (AvgIpc) is 1.98. The van der Waals surface area contributed by atoms with Crippen LogP contribution in [-0.4, -0.2) is 22.4 Å². The van der Waals surface area contributed by atoms with Gasteiger partial charge in [-0.25, -0.2) is 0 Å². The smallest absolute Gasteiger partial charge is 0.0802 e. The second kappa shape index (κ2) is 3.88. The summed E-state index contributed by atoms with van der Waals surface area (Å²) in [6.07, 6.45) is 4.32. The Morgan fingerprint density at radius 1 is 1.27 bits per heavy atom. The van der Waals surface area contributed by atoms with E-state index in [2.05, 4.69) is 13.0 Å². The van der Waals surface area contributed by atoms with E-state index in [0.29, 0.717) is 12.8 Å². The van der Waals surface area contributed by atoms with Crippen LogP contribution in [0.15, 0.2) is 11.6 Å². The number of rotatable bonds is 0. The lowest BCUT2D eigenvalue weighted by atomic mass is 9.97. The van der Waals surface area contributed by atoms with Crippen molar-refractivity contribution in [1.29, 1.82) is 0 Å². The zero-order chi connectivity index (χ0) is 8.27. The molecule has 0 heterocycles. The van der Waals surface area contributed by atoms with Crippen molar-refractivity contribution in [2.75, 3.05) is 0 Å². The molecule has 2 heteroatoms. The fourth-order valence-electron chi connectivity index (χ4n) is 1.36. The van der Waals surface area contributed by atoms with Crippen LogP contribution >= 0.6 is 0 Å². The van der Waals surface area contributed by atoms with Gasteiger partial charge in [0.05, 0.1) is 12.2 Å². The Morgan fingerprint density at radius 2 is 1.91 bits per heavy atom. The molecular weight excluding hydrogens is 140 g/mol. The molecule has 0 radical (unpaired) electrons. The van der Waals surface area contributed by atoms with E-state index >= 15 is 0 Å². The molecule has 0 fully saturated rings. The monoisotopic (exact) mass is 156 g/mol. The van der Waals surface area contributed by atoms with Crippen molar-refractivity contribution in [3.63, 3.8) is 0 Å². The first-order valence-corrected chi connectivity index (χ1v) is 4.22. The second-order valence-electron chi connectivity index (χ2n) is 3.30. The number of hydrogen-bond donors (Lipinski definition) is 2. The summed E-state index contributed by atoms with van der Waals surface area (Å²) in [5.74, 6) is 0. The lowest BCUT2D eigenvalue weighted by molar-refractivity contribution is 0.00951. The fourth-order valence-corrected chi connectivity index (χ4v) is 1.36. The summed E-state index contributed by atoms with van der Waals surface area (Å²) >= 11 is 0. The van der Waals surface area contributed by atoms with Crippen LogP contribution in [0.2, 0.25) is 0 Å². The number of aliphatic hydroxyl groups is 2. The Balaban J connectivity index is 2.49. The van der Waals surface area contributed by atoms with Crippen LogP contribution in [0.5, 0.6) is 0 Å². The highest BCUT2D eigenvalue weighted by atomic mass is 16.3. The van der Waals surface area contributed by atoms with Crippen LogP contribution in [-0.2, 0) is 0 Å². The van der Waals surface area contributed by atoms with Crippen LogP contribution in [0.3, 0.4) is 0 Å². The Hall–Kier alpha value is -0.340. The third-order valence-corrected chi connectivity index (χ3v) is 2.23. The molecule has 0 amide bonds. The van der Waals surface area contributed by atoms with E-state index in [4.69, 9.17) is 0 Å². The predicted octanol–water partition coefficient (Wildman–Crippen LogP) is 1.23. The molecule has 0 aliphatic heterocycles. The van der Waals surface area contributed by atoms with Crippen LogP contribution in [0.1, 0.15) is 32.6 Å². The van der Waals surface area contributed by atoms with Crippen LogP contribution in [0.25, 0.3) is 0 Å². The largest absolute Gasteiger partial charge is 0.390 e. The summed E-state index contributed by atoms with van der Waals surface area (Å²) < 4.78 is 0. The molecule has 1 aliphatic rings. The van der Waals surface area contributed by atoms with Gasteiger partial charge in [-0.1, -0.05) is 11.6 Å². The topological polar surface area (TPSA) is 40.5 Å². The molecule has 0 aromatic carbocycles. The fraction of sp³-hybridized carbons (Fsp3) is 0.778. The first-order chi connectivity index (χ1) is 5.20. The standard InChI is InChI=1S/C9H16O2/c1-7-3-2-4-8(10)9(11)6-5-7/h3,8-11H,2,4-6H2,1H3. The van der Waals surface area contributed by atoms with Gasteiger partial charge in [-0.05, 0) is 32.6 Å². The van der Waals surface area contributed by atoms with Crippen LogP contribution in [0.4, 0.5) is 0 Å². The lowest BCUT2D eigenvalue weighted by Crippen LogP contribution is -2.26. The number of aliphatic hydroxyl groups excluding tert-OH is 2. The van der Waals surface area contributed by atoms with Crippen molar-refractivity contribution in [3.05, 3.63) is 11.6 Å². The molecule has 2 nitrogen and oxygen atoms in total. The predicted molar refractivity (Wildman–Crippen MR) is 44.2 cm³/mol. The van der Waals surface area contributed by atoms with E-state index in [9.17, 15) is 10.2 Å².